The first-order valence-electron chi connectivity index (χ1n) is 5.38. The Hall–Kier alpha value is 0.0500. The average molecular weight is 214 g/mol. The fourth-order valence-corrected chi connectivity index (χ4v) is 2.83. The molecule has 82 valence electrons. The summed E-state index contributed by atoms with van der Waals surface area (Å²) in [4.78, 5) is 0. The zero-order valence-electron chi connectivity index (χ0n) is 9.96. The minimum absolute atomic E-state index is 0.279. The molecule has 0 amide bonds. The molecule has 0 bridgehead atoms. The smallest absolute Gasteiger partial charge is 0.124 e. The molecule has 14 heavy (non-hydrogen) atoms. The van der Waals surface area contributed by atoms with Crippen molar-refractivity contribution in [3.8, 4) is 0 Å². The Morgan fingerprint density at radius 3 is 2.64 bits per heavy atom. The molecule has 0 aromatic heterocycles. The molecule has 1 nitrogen and oxygen atoms in total. The van der Waals surface area contributed by atoms with Crippen molar-refractivity contribution in [1.82, 2.24) is 0 Å². The van der Waals surface area contributed by atoms with E-state index in [1.165, 1.54) is 5.57 Å². The Balaban J connectivity index is 2.60. The predicted octanol–water partition coefficient (Wildman–Crippen LogP) is 3.85. The summed E-state index contributed by atoms with van der Waals surface area (Å²) in [6.45, 7) is 12.1. The summed E-state index contributed by atoms with van der Waals surface area (Å²) in [5.74, 6) is 0.615. The maximum absolute atomic E-state index is 5.77. The molecular weight excluding hydrogens is 192 g/mol. The first-order chi connectivity index (χ1) is 6.41. The number of allylic oxidation sites excluding steroid dienone is 1. The molecule has 0 aromatic carbocycles. The van der Waals surface area contributed by atoms with Gasteiger partial charge in [0.25, 0.3) is 0 Å². The lowest BCUT2D eigenvalue weighted by Gasteiger charge is -2.35. The van der Waals surface area contributed by atoms with Crippen molar-refractivity contribution in [2.45, 2.75) is 51.2 Å². The van der Waals surface area contributed by atoms with E-state index in [9.17, 15) is 0 Å². The van der Waals surface area contributed by atoms with E-state index >= 15 is 0 Å². The summed E-state index contributed by atoms with van der Waals surface area (Å²) >= 11 is 1.95. The summed E-state index contributed by atoms with van der Waals surface area (Å²) in [6.07, 6.45) is 3.46. The number of hydrogen-bond acceptors (Lipinski definition) is 2. The summed E-state index contributed by atoms with van der Waals surface area (Å²) in [7, 11) is 0. The van der Waals surface area contributed by atoms with Crippen LogP contribution in [0.1, 0.15) is 41.0 Å². The Morgan fingerprint density at radius 1 is 1.50 bits per heavy atom. The van der Waals surface area contributed by atoms with Crippen LogP contribution in [0.2, 0.25) is 0 Å². The lowest BCUT2D eigenvalue weighted by molar-refractivity contribution is 0.112. The average Bonchev–Trinajstić information content (AvgIpc) is 2.01. The largest absolute Gasteiger partial charge is 0.363 e. The zero-order valence-corrected chi connectivity index (χ0v) is 10.8. The molecule has 1 atom stereocenters. The Kier molecular flexibility index (Phi) is 4.08. The van der Waals surface area contributed by atoms with E-state index in [1.54, 1.807) is 0 Å². The third kappa shape index (κ3) is 3.66. The monoisotopic (exact) mass is 214 g/mol. The van der Waals surface area contributed by atoms with E-state index in [2.05, 4.69) is 40.7 Å². The van der Waals surface area contributed by atoms with E-state index in [-0.39, 0.29) is 5.44 Å². The lowest BCUT2D eigenvalue weighted by atomic mass is 10.1. The molecule has 1 rings (SSSR count). The van der Waals surface area contributed by atoms with E-state index in [4.69, 9.17) is 4.74 Å². The van der Waals surface area contributed by atoms with Crippen LogP contribution in [0.5, 0.6) is 0 Å². The number of thioether (sulfide) groups is 1. The fraction of sp³-hybridized carbons (Fsp3) is 0.833. The molecule has 1 aliphatic rings. The van der Waals surface area contributed by atoms with Gasteiger partial charge < -0.3 is 4.74 Å². The van der Waals surface area contributed by atoms with Gasteiger partial charge in [0.2, 0.25) is 0 Å². The topological polar surface area (TPSA) is 9.23 Å². The molecule has 1 heterocycles. The van der Waals surface area contributed by atoms with Crippen molar-refractivity contribution in [1.29, 1.82) is 0 Å². The summed E-state index contributed by atoms with van der Waals surface area (Å²) < 4.78 is 6.14. The molecule has 1 fully saturated rings. The Labute approximate surface area is 92.3 Å². The normalized spacial score (nSPS) is 28.1. The van der Waals surface area contributed by atoms with Crippen LogP contribution < -0.4 is 0 Å². The van der Waals surface area contributed by atoms with Crippen LogP contribution in [0.4, 0.5) is 0 Å². The van der Waals surface area contributed by atoms with Crippen LogP contribution in [0.3, 0.4) is 0 Å². The quantitative estimate of drug-likeness (QED) is 0.646. The van der Waals surface area contributed by atoms with Crippen molar-refractivity contribution in [2.24, 2.45) is 5.92 Å². The maximum atomic E-state index is 5.77. The van der Waals surface area contributed by atoms with Crippen LogP contribution in [0.15, 0.2) is 11.6 Å². The Bertz CT molecular complexity index is 218. The van der Waals surface area contributed by atoms with Gasteiger partial charge >= 0.3 is 0 Å². The van der Waals surface area contributed by atoms with Gasteiger partial charge in [0.05, 0.1) is 0 Å². The first-order valence-corrected chi connectivity index (χ1v) is 6.26. The zero-order chi connectivity index (χ0) is 10.8. The molecule has 0 aromatic rings. The fourth-order valence-electron chi connectivity index (χ4n) is 1.62. The van der Waals surface area contributed by atoms with Gasteiger partial charge in [-0.2, -0.15) is 0 Å². The van der Waals surface area contributed by atoms with Gasteiger partial charge in [-0.15, -0.1) is 11.8 Å². The highest BCUT2D eigenvalue weighted by atomic mass is 32.2. The van der Waals surface area contributed by atoms with Gasteiger partial charge in [0, 0.05) is 11.4 Å². The number of rotatable bonds is 2. The molecule has 0 spiro atoms. The van der Waals surface area contributed by atoms with Crippen LogP contribution in [-0.4, -0.2) is 16.8 Å². The van der Waals surface area contributed by atoms with Crippen molar-refractivity contribution in [3.05, 3.63) is 11.6 Å². The minimum Gasteiger partial charge on any atom is -0.363 e. The molecular formula is C12H22OS. The van der Waals surface area contributed by atoms with Gasteiger partial charge in [-0.05, 0) is 24.8 Å². The summed E-state index contributed by atoms with van der Waals surface area (Å²) in [5, 5.41) is 0. The Morgan fingerprint density at radius 2 is 2.14 bits per heavy atom. The standard InChI is InChI=1S/C12H22OS/c1-9(2)8-10(3)11-13-7-6-12(4,5)14-11/h8-9,11H,6-7H2,1-5H3/b10-8+. The molecule has 2 heteroatoms. The molecule has 0 radical (unpaired) electrons. The lowest BCUT2D eigenvalue weighted by Crippen LogP contribution is -2.30. The first kappa shape index (κ1) is 12.1. The third-order valence-corrected chi connectivity index (χ3v) is 3.93. The molecule has 0 N–H and O–H groups in total. The van der Waals surface area contributed by atoms with Crippen molar-refractivity contribution < 1.29 is 4.74 Å². The van der Waals surface area contributed by atoms with Gasteiger partial charge in [0.15, 0.2) is 0 Å². The molecule has 1 unspecified atom stereocenters. The van der Waals surface area contributed by atoms with E-state index in [1.807, 2.05) is 11.8 Å². The molecule has 1 aliphatic heterocycles. The molecule has 1 saturated heterocycles. The summed E-state index contributed by atoms with van der Waals surface area (Å²) in [5.41, 5.74) is 1.65. The van der Waals surface area contributed by atoms with E-state index < -0.39 is 0 Å². The molecule has 0 aliphatic carbocycles. The van der Waals surface area contributed by atoms with Gasteiger partial charge in [-0.25, -0.2) is 0 Å². The van der Waals surface area contributed by atoms with E-state index in [0.29, 0.717) is 10.7 Å². The second-order valence-electron chi connectivity index (χ2n) is 4.98. The SMILES string of the molecule is C/C(=C\C(C)C)C1OCCC(C)(C)S1. The highest BCUT2D eigenvalue weighted by Gasteiger charge is 2.29. The predicted molar refractivity (Wildman–Crippen MR) is 64.6 cm³/mol. The highest BCUT2D eigenvalue weighted by molar-refractivity contribution is 8.01. The number of ether oxygens (including phenoxy) is 1. The summed E-state index contributed by atoms with van der Waals surface area (Å²) in [6, 6.07) is 0. The van der Waals surface area contributed by atoms with Crippen molar-refractivity contribution in [2.75, 3.05) is 6.61 Å². The van der Waals surface area contributed by atoms with Crippen LogP contribution in [0.25, 0.3) is 0 Å². The second-order valence-corrected chi connectivity index (χ2v) is 6.75. The van der Waals surface area contributed by atoms with E-state index in [0.717, 1.165) is 13.0 Å². The van der Waals surface area contributed by atoms with Crippen molar-refractivity contribution >= 4 is 11.8 Å². The highest BCUT2D eigenvalue weighted by Crippen LogP contribution is 2.39. The van der Waals surface area contributed by atoms with Crippen LogP contribution in [0, 0.1) is 5.92 Å². The van der Waals surface area contributed by atoms with Gasteiger partial charge in [-0.1, -0.05) is 33.8 Å². The van der Waals surface area contributed by atoms with Crippen LogP contribution in [-0.2, 0) is 4.74 Å². The van der Waals surface area contributed by atoms with Crippen molar-refractivity contribution in [3.63, 3.8) is 0 Å². The number of hydrogen-bond donors (Lipinski definition) is 0. The third-order valence-electron chi connectivity index (χ3n) is 2.37. The molecule has 0 saturated carbocycles. The van der Waals surface area contributed by atoms with Gasteiger partial charge in [0.1, 0.15) is 5.44 Å². The minimum atomic E-state index is 0.279. The van der Waals surface area contributed by atoms with Gasteiger partial charge in [-0.3, -0.25) is 0 Å². The maximum Gasteiger partial charge on any atom is 0.124 e. The second kappa shape index (κ2) is 4.71. The van der Waals surface area contributed by atoms with Crippen LogP contribution >= 0.6 is 11.8 Å².